The van der Waals surface area contributed by atoms with Crippen molar-refractivity contribution in [2.75, 3.05) is 0 Å². The van der Waals surface area contributed by atoms with Gasteiger partial charge in [0.2, 0.25) is 23.3 Å². The van der Waals surface area contributed by atoms with Crippen molar-refractivity contribution in [3.63, 3.8) is 0 Å². The molecule has 66 heavy (non-hydrogen) atoms. The van der Waals surface area contributed by atoms with Crippen LogP contribution in [0.2, 0.25) is 0 Å². The number of benzene rings is 8. The molecule has 338 valence electrons. The first kappa shape index (κ1) is 46.3. The molecule has 22 heteroatoms. The van der Waals surface area contributed by atoms with Gasteiger partial charge in [-0.05, 0) is 43.3 Å². The van der Waals surface area contributed by atoms with Crippen molar-refractivity contribution in [1.29, 1.82) is 0 Å². The molecular formula is C44H12F20P2. The molecule has 0 fully saturated rings. The maximum atomic E-state index is 16.1. The van der Waals surface area contributed by atoms with Crippen molar-refractivity contribution in [3.8, 4) is 11.1 Å². The summed E-state index contributed by atoms with van der Waals surface area (Å²) in [4.78, 5) is 0. The Kier molecular flexibility index (Phi) is 11.8. The lowest BCUT2D eigenvalue weighted by molar-refractivity contribution is 0.383. The molecule has 8 aromatic carbocycles. The average molecular weight is 982 g/mol. The van der Waals surface area contributed by atoms with Crippen LogP contribution < -0.4 is 31.8 Å². The summed E-state index contributed by atoms with van der Waals surface area (Å²) in [6.07, 6.45) is 0. The highest BCUT2D eigenvalue weighted by Crippen LogP contribution is 2.49. The van der Waals surface area contributed by atoms with Crippen molar-refractivity contribution in [2.45, 2.75) is 0 Å². The first-order chi connectivity index (χ1) is 31.1. The Labute approximate surface area is 356 Å². The van der Waals surface area contributed by atoms with E-state index in [9.17, 15) is 17.6 Å². The molecule has 0 bridgehead atoms. The van der Waals surface area contributed by atoms with Crippen molar-refractivity contribution < 1.29 is 87.8 Å². The highest BCUT2D eigenvalue weighted by molar-refractivity contribution is 7.81. The molecule has 0 aliphatic heterocycles. The summed E-state index contributed by atoms with van der Waals surface area (Å²) in [5, 5.41) is -12.7. The molecular weight excluding hydrogens is 970 g/mol. The Bertz CT molecular complexity index is 2930. The zero-order valence-electron chi connectivity index (χ0n) is 31.4. The molecule has 0 aliphatic rings. The van der Waals surface area contributed by atoms with Crippen LogP contribution in [-0.2, 0) is 0 Å². The van der Waals surface area contributed by atoms with Crippen LogP contribution in [0.3, 0.4) is 0 Å². The molecule has 8 rings (SSSR count). The van der Waals surface area contributed by atoms with Crippen LogP contribution >= 0.6 is 15.8 Å². The molecule has 0 saturated carbocycles. The summed E-state index contributed by atoms with van der Waals surface area (Å²) in [5.74, 6) is -57.4. The van der Waals surface area contributed by atoms with E-state index >= 15 is 70.2 Å². The second-order valence-corrected chi connectivity index (χ2v) is 17.8. The zero-order valence-corrected chi connectivity index (χ0v) is 33.2. The highest BCUT2D eigenvalue weighted by atomic mass is 31.1. The van der Waals surface area contributed by atoms with Gasteiger partial charge in [-0.15, -0.1) is 0 Å². The summed E-state index contributed by atoms with van der Waals surface area (Å²) < 4.78 is 308. The van der Waals surface area contributed by atoms with E-state index in [-0.39, 0.29) is 10.8 Å². The Hall–Kier alpha value is -6.26. The summed E-state index contributed by atoms with van der Waals surface area (Å²) in [7, 11) is -9.02. The normalized spacial score (nSPS) is 11.9. The number of halogens is 20. The first-order valence-electron chi connectivity index (χ1n) is 17.8. The van der Waals surface area contributed by atoms with E-state index in [1.165, 1.54) is 24.3 Å². The predicted molar refractivity (Wildman–Crippen MR) is 203 cm³/mol. The van der Waals surface area contributed by atoms with Crippen molar-refractivity contribution >= 4 is 69.2 Å². The minimum absolute atomic E-state index is 0.142. The standard InChI is InChI=1S/C44H12F20P2/c45-21-25(49)33(57)41(34(58)26(21)50)65(42-35(59)27(51)22(46)28(52)36(42)60)17-11-9-13-5-1-3-7-15(13)19(17)20-16-8-4-2-6-14(16)10-12-18(20)66(43-37(61)29(53)23(47)30(54)38(43)62)44-39(63)31(55)24(48)32(56)40(44)64/h1-12H. The van der Waals surface area contributed by atoms with E-state index in [4.69, 9.17) is 0 Å². The van der Waals surface area contributed by atoms with Gasteiger partial charge in [0, 0.05) is 15.8 Å². The Balaban J connectivity index is 1.68. The smallest absolute Gasteiger partial charge is 0.200 e. The van der Waals surface area contributed by atoms with Gasteiger partial charge in [-0.2, -0.15) is 0 Å². The number of fused-ring (bicyclic) bond motifs is 2. The first-order valence-corrected chi connectivity index (χ1v) is 20.5. The van der Waals surface area contributed by atoms with Gasteiger partial charge in [-0.25, -0.2) is 87.8 Å². The summed E-state index contributed by atoms with van der Waals surface area (Å²) >= 11 is 0. The van der Waals surface area contributed by atoms with Crippen molar-refractivity contribution in [3.05, 3.63) is 189 Å². The third-order valence-electron chi connectivity index (χ3n) is 10.2. The van der Waals surface area contributed by atoms with E-state index < -0.39 is 186 Å². The van der Waals surface area contributed by atoms with Crippen LogP contribution in [0.1, 0.15) is 0 Å². The molecule has 0 aromatic heterocycles. The second-order valence-electron chi connectivity index (χ2n) is 13.7. The Morgan fingerprint density at radius 3 is 0.636 bits per heavy atom. The average Bonchev–Trinajstić information content (AvgIpc) is 3.32. The molecule has 8 aromatic rings. The Morgan fingerprint density at radius 1 is 0.212 bits per heavy atom. The van der Waals surface area contributed by atoms with E-state index in [1.807, 2.05) is 0 Å². The van der Waals surface area contributed by atoms with E-state index in [1.54, 1.807) is 0 Å². The van der Waals surface area contributed by atoms with Crippen molar-refractivity contribution in [1.82, 2.24) is 0 Å². The zero-order chi connectivity index (χ0) is 48.1. The molecule has 0 nitrogen and oxygen atoms in total. The molecule has 0 N–H and O–H groups in total. The SMILES string of the molecule is Fc1c(F)c(F)c(P(c2ccc3ccccc3c2-c2c(P(c3c(F)c(F)c(F)c(F)c3F)c3c(F)c(F)c(F)c(F)c3F)ccc3ccccc23)c2c(F)c(F)c(F)c(F)c2F)c(F)c1F. The van der Waals surface area contributed by atoms with Gasteiger partial charge in [-0.3, -0.25) is 0 Å². The molecule has 0 heterocycles. The maximum absolute atomic E-state index is 16.1. The van der Waals surface area contributed by atoms with Crippen LogP contribution in [0, 0.1) is 116 Å². The molecule has 0 amide bonds. The summed E-state index contributed by atoms with van der Waals surface area (Å²) in [6.45, 7) is 0. The van der Waals surface area contributed by atoms with Gasteiger partial charge in [0.05, 0.1) is 21.2 Å². The van der Waals surface area contributed by atoms with E-state index in [2.05, 4.69) is 0 Å². The minimum atomic E-state index is -4.51. The minimum Gasteiger partial charge on any atom is -0.203 e. The summed E-state index contributed by atoms with van der Waals surface area (Å²) in [6, 6.07) is 12.1. The topological polar surface area (TPSA) is 0 Å². The van der Waals surface area contributed by atoms with Gasteiger partial charge >= 0.3 is 0 Å². The highest BCUT2D eigenvalue weighted by Gasteiger charge is 2.43. The third-order valence-corrected chi connectivity index (χ3v) is 15.3. The monoisotopic (exact) mass is 982 g/mol. The van der Waals surface area contributed by atoms with Crippen molar-refractivity contribution in [2.24, 2.45) is 0 Å². The van der Waals surface area contributed by atoms with Gasteiger partial charge in [0.25, 0.3) is 0 Å². The van der Waals surface area contributed by atoms with Gasteiger partial charge < -0.3 is 0 Å². The lowest BCUT2D eigenvalue weighted by Crippen LogP contribution is -2.35. The fourth-order valence-electron chi connectivity index (χ4n) is 7.28. The molecule has 0 atom stereocenters. The van der Waals surface area contributed by atoms with Crippen LogP contribution in [0.5, 0.6) is 0 Å². The fraction of sp³-hybridized carbons (Fsp3) is 0. The lowest BCUT2D eigenvalue weighted by Gasteiger charge is -2.29. The summed E-state index contributed by atoms with van der Waals surface area (Å²) in [5.41, 5.74) is -1.92. The molecule has 0 spiro atoms. The molecule has 0 aliphatic carbocycles. The van der Waals surface area contributed by atoms with E-state index in [0.717, 1.165) is 36.4 Å². The second kappa shape index (κ2) is 16.9. The van der Waals surface area contributed by atoms with Crippen LogP contribution in [0.15, 0.2) is 72.8 Å². The number of rotatable bonds is 7. The predicted octanol–water partition coefficient (Wildman–Crippen LogP) is 12.0. The fourth-order valence-corrected chi connectivity index (χ4v) is 12.4. The quantitative estimate of drug-likeness (QED) is 0.0646. The largest absolute Gasteiger partial charge is 0.203 e. The van der Waals surface area contributed by atoms with E-state index in [0.29, 0.717) is 12.1 Å². The third kappa shape index (κ3) is 6.77. The van der Waals surface area contributed by atoms with Crippen LogP contribution in [-0.4, -0.2) is 0 Å². The molecule has 0 radical (unpaired) electrons. The number of hydrogen-bond donors (Lipinski definition) is 0. The van der Waals surface area contributed by atoms with Gasteiger partial charge in [0.1, 0.15) is 0 Å². The van der Waals surface area contributed by atoms with Gasteiger partial charge in [0.15, 0.2) is 93.1 Å². The van der Waals surface area contributed by atoms with Gasteiger partial charge in [-0.1, -0.05) is 72.8 Å². The number of hydrogen-bond acceptors (Lipinski definition) is 0. The molecule has 0 saturated heterocycles. The van der Waals surface area contributed by atoms with Crippen LogP contribution in [0.25, 0.3) is 32.7 Å². The molecule has 0 unspecified atom stereocenters. The van der Waals surface area contributed by atoms with Crippen LogP contribution in [0.4, 0.5) is 87.8 Å². The Morgan fingerprint density at radius 2 is 0.409 bits per heavy atom. The maximum Gasteiger partial charge on any atom is 0.200 e. The lowest BCUT2D eigenvalue weighted by atomic mass is 9.93.